The molecule has 1 fully saturated rings. The molecule has 3 aromatic rings. The van der Waals surface area contributed by atoms with Crippen LogP contribution in [0.25, 0.3) is 22.3 Å². The predicted molar refractivity (Wildman–Crippen MR) is 106 cm³/mol. The van der Waals surface area contributed by atoms with Gasteiger partial charge in [0.1, 0.15) is 5.65 Å². The van der Waals surface area contributed by atoms with E-state index in [0.717, 1.165) is 67.1 Å². The number of hydrogen-bond donors (Lipinski definition) is 2. The highest BCUT2D eigenvalue weighted by Crippen LogP contribution is 2.32. The molecular formula is C20H22N6O2. The van der Waals surface area contributed by atoms with Gasteiger partial charge < -0.3 is 19.9 Å². The van der Waals surface area contributed by atoms with E-state index in [1.165, 1.54) is 0 Å². The molecule has 1 saturated heterocycles. The van der Waals surface area contributed by atoms with E-state index in [2.05, 4.69) is 20.3 Å². The average Bonchev–Trinajstić information content (AvgIpc) is 3.16. The molecule has 8 heteroatoms. The smallest absolute Gasteiger partial charge is 0.245 e. The van der Waals surface area contributed by atoms with Crippen molar-refractivity contribution in [1.29, 1.82) is 0 Å². The zero-order valence-electron chi connectivity index (χ0n) is 15.5. The number of aromatic nitrogens is 4. The maximum absolute atomic E-state index is 12.1. The number of nitrogens with zero attached hydrogens (tertiary/aromatic N) is 4. The number of H-pyrrole nitrogens is 1. The van der Waals surface area contributed by atoms with Crippen LogP contribution < -0.4 is 10.2 Å². The largest absolute Gasteiger partial charge is 0.381 e. The summed E-state index contributed by atoms with van der Waals surface area (Å²) in [4.78, 5) is 31.0. The lowest BCUT2D eigenvalue weighted by molar-refractivity contribution is -0.115. The minimum Gasteiger partial charge on any atom is -0.381 e. The number of nitrogens with one attached hydrogen (secondary N) is 2. The van der Waals surface area contributed by atoms with Crippen LogP contribution in [0.2, 0.25) is 0 Å². The number of aromatic amines is 1. The Balaban J connectivity index is 1.45. The Bertz CT molecular complexity index is 1010. The summed E-state index contributed by atoms with van der Waals surface area (Å²) in [5.74, 6) is 1.86. The number of hydrogen-bond acceptors (Lipinski definition) is 6. The van der Waals surface area contributed by atoms with Gasteiger partial charge in [0.15, 0.2) is 11.6 Å². The molecule has 2 N–H and O–H groups in total. The number of anilines is 2. The highest BCUT2D eigenvalue weighted by molar-refractivity contribution is 5.99. The lowest BCUT2D eigenvalue weighted by atomic mass is 9.96. The summed E-state index contributed by atoms with van der Waals surface area (Å²) in [6.07, 6.45) is 8.56. The Morgan fingerprint density at radius 2 is 2.14 bits per heavy atom. The van der Waals surface area contributed by atoms with E-state index in [9.17, 15) is 4.79 Å². The van der Waals surface area contributed by atoms with Crippen LogP contribution >= 0.6 is 0 Å². The third-order valence-corrected chi connectivity index (χ3v) is 5.52. The molecule has 28 heavy (non-hydrogen) atoms. The van der Waals surface area contributed by atoms with Crippen molar-refractivity contribution in [2.45, 2.75) is 19.3 Å². The zero-order chi connectivity index (χ0) is 18.9. The summed E-state index contributed by atoms with van der Waals surface area (Å²) in [5.41, 5.74) is 2.55. The molecule has 144 valence electrons. The fraction of sp³-hybridized carbons (Fsp3) is 0.400. The van der Waals surface area contributed by atoms with Crippen molar-refractivity contribution >= 4 is 28.6 Å². The van der Waals surface area contributed by atoms with Crippen LogP contribution in [0.5, 0.6) is 0 Å². The predicted octanol–water partition coefficient (Wildman–Crippen LogP) is 2.60. The first-order chi connectivity index (χ1) is 13.8. The van der Waals surface area contributed by atoms with Crippen molar-refractivity contribution in [3.63, 3.8) is 0 Å². The summed E-state index contributed by atoms with van der Waals surface area (Å²) in [7, 11) is 0. The van der Waals surface area contributed by atoms with Crippen LogP contribution in [-0.4, -0.2) is 52.1 Å². The first-order valence-electron chi connectivity index (χ1n) is 9.70. The van der Waals surface area contributed by atoms with Gasteiger partial charge in [-0.25, -0.2) is 15.0 Å². The second-order valence-corrected chi connectivity index (χ2v) is 7.34. The van der Waals surface area contributed by atoms with E-state index in [1.807, 2.05) is 23.2 Å². The maximum atomic E-state index is 12.1. The van der Waals surface area contributed by atoms with Gasteiger partial charge in [-0.3, -0.25) is 4.79 Å². The molecule has 0 aliphatic carbocycles. The molecule has 2 aliphatic heterocycles. The Morgan fingerprint density at radius 3 is 3.04 bits per heavy atom. The lowest BCUT2D eigenvalue weighted by Crippen LogP contribution is -2.40. The molecule has 3 aromatic heterocycles. The van der Waals surface area contributed by atoms with E-state index in [-0.39, 0.29) is 5.91 Å². The summed E-state index contributed by atoms with van der Waals surface area (Å²) in [6.45, 7) is 2.77. The van der Waals surface area contributed by atoms with Crippen molar-refractivity contribution in [3.8, 4) is 11.3 Å². The number of carbonyl (C=O) groups is 1. The Hall–Kier alpha value is -3.00. The average molecular weight is 378 g/mol. The molecule has 5 rings (SSSR count). The summed E-state index contributed by atoms with van der Waals surface area (Å²) in [6, 6.07) is 3.92. The second kappa shape index (κ2) is 7.20. The highest BCUT2D eigenvalue weighted by Gasteiger charge is 2.26. The number of ether oxygens (including phenoxy) is 1. The molecule has 8 nitrogen and oxygen atoms in total. The summed E-state index contributed by atoms with van der Waals surface area (Å²) < 4.78 is 5.45. The van der Waals surface area contributed by atoms with Crippen LogP contribution in [0.15, 0.2) is 30.7 Å². The topological polar surface area (TPSA) is 96.0 Å². The minimum atomic E-state index is -0.0437. The van der Waals surface area contributed by atoms with Crippen molar-refractivity contribution in [2.24, 2.45) is 5.92 Å². The van der Waals surface area contributed by atoms with Crippen LogP contribution in [0.4, 0.5) is 11.6 Å². The van der Waals surface area contributed by atoms with Gasteiger partial charge in [0.05, 0.1) is 18.4 Å². The van der Waals surface area contributed by atoms with Gasteiger partial charge in [-0.1, -0.05) is 0 Å². The van der Waals surface area contributed by atoms with Crippen LogP contribution in [-0.2, 0) is 9.53 Å². The Morgan fingerprint density at radius 1 is 1.25 bits per heavy atom. The van der Waals surface area contributed by atoms with Gasteiger partial charge in [0.2, 0.25) is 5.91 Å². The first kappa shape index (κ1) is 17.1. The Labute approximate surface area is 162 Å². The maximum Gasteiger partial charge on any atom is 0.245 e. The van der Waals surface area contributed by atoms with Gasteiger partial charge >= 0.3 is 0 Å². The fourth-order valence-corrected chi connectivity index (χ4v) is 3.96. The van der Waals surface area contributed by atoms with Crippen LogP contribution in [0.1, 0.15) is 19.3 Å². The number of amides is 1. The molecule has 0 unspecified atom stereocenters. The molecule has 0 atom stereocenters. The van der Waals surface area contributed by atoms with Crippen molar-refractivity contribution in [1.82, 2.24) is 19.9 Å². The second-order valence-electron chi connectivity index (χ2n) is 7.34. The van der Waals surface area contributed by atoms with E-state index in [4.69, 9.17) is 9.72 Å². The van der Waals surface area contributed by atoms with Gasteiger partial charge in [-0.05, 0) is 37.3 Å². The molecule has 0 saturated carbocycles. The first-order valence-corrected chi connectivity index (χ1v) is 9.70. The quantitative estimate of drug-likeness (QED) is 0.724. The van der Waals surface area contributed by atoms with Crippen LogP contribution in [0.3, 0.4) is 0 Å². The molecule has 5 heterocycles. The van der Waals surface area contributed by atoms with Gasteiger partial charge in [-0.2, -0.15) is 0 Å². The molecule has 0 spiro atoms. The zero-order valence-corrected chi connectivity index (χ0v) is 15.5. The fourth-order valence-electron chi connectivity index (χ4n) is 3.96. The molecule has 0 radical (unpaired) electrons. The summed E-state index contributed by atoms with van der Waals surface area (Å²) in [5, 5.41) is 3.85. The lowest BCUT2D eigenvalue weighted by Gasteiger charge is -2.31. The van der Waals surface area contributed by atoms with E-state index in [0.29, 0.717) is 18.3 Å². The molecule has 0 bridgehead atoms. The SMILES string of the molecule is O=C1CN(CCC2CCOCC2)c2nc(-c3c[nH]c4ncccc34)cnc2N1. The minimum absolute atomic E-state index is 0.0437. The van der Waals surface area contributed by atoms with E-state index >= 15 is 0 Å². The number of rotatable bonds is 4. The highest BCUT2D eigenvalue weighted by atomic mass is 16.5. The molecular weight excluding hydrogens is 356 g/mol. The normalized spacial score (nSPS) is 17.6. The van der Waals surface area contributed by atoms with Crippen molar-refractivity contribution < 1.29 is 9.53 Å². The third-order valence-electron chi connectivity index (χ3n) is 5.52. The van der Waals surface area contributed by atoms with Crippen LogP contribution in [0, 0.1) is 5.92 Å². The standard InChI is InChI=1S/C20H22N6O2/c27-17-12-26(7-3-13-4-8-28-9-5-13)20-19(25-17)23-11-16(24-20)15-10-22-18-14(15)2-1-6-21-18/h1-2,6,10-11,13H,3-5,7-9,12H2,(H,21,22)(H,23,25,27). The van der Waals surface area contributed by atoms with Crippen molar-refractivity contribution in [2.75, 3.05) is 36.5 Å². The number of fused-ring (bicyclic) bond motifs is 2. The van der Waals surface area contributed by atoms with E-state index < -0.39 is 0 Å². The third kappa shape index (κ3) is 3.20. The van der Waals surface area contributed by atoms with Gasteiger partial charge in [0.25, 0.3) is 0 Å². The summed E-state index contributed by atoms with van der Waals surface area (Å²) >= 11 is 0. The number of carbonyl (C=O) groups excluding carboxylic acids is 1. The van der Waals surface area contributed by atoms with E-state index in [1.54, 1.807) is 12.4 Å². The molecule has 1 amide bonds. The van der Waals surface area contributed by atoms with Crippen molar-refractivity contribution in [3.05, 3.63) is 30.7 Å². The molecule has 2 aliphatic rings. The monoisotopic (exact) mass is 378 g/mol. The molecule has 0 aromatic carbocycles. The van der Waals surface area contributed by atoms with Gasteiger partial charge in [0, 0.05) is 43.1 Å². The Kier molecular flexibility index (Phi) is 4.40. The van der Waals surface area contributed by atoms with Gasteiger partial charge in [-0.15, -0.1) is 0 Å². The number of pyridine rings is 1.